The van der Waals surface area contributed by atoms with Crippen molar-refractivity contribution >= 4 is 0 Å². The van der Waals surface area contributed by atoms with Crippen molar-refractivity contribution < 1.29 is 4.74 Å². The first kappa shape index (κ1) is 16.0. The second kappa shape index (κ2) is 8.92. The van der Waals surface area contributed by atoms with Gasteiger partial charge in [-0.25, -0.2) is 0 Å². The van der Waals surface area contributed by atoms with Crippen LogP contribution in [0.15, 0.2) is 0 Å². The highest BCUT2D eigenvalue weighted by molar-refractivity contribution is 4.69. The summed E-state index contributed by atoms with van der Waals surface area (Å²) in [6.45, 7) is 8.81. The topological polar surface area (TPSA) is 21.3 Å². The Kier molecular flexibility index (Phi) is 7.92. The lowest BCUT2D eigenvalue weighted by Crippen LogP contribution is -2.36. The lowest BCUT2D eigenvalue weighted by Gasteiger charge is -2.22. The van der Waals surface area contributed by atoms with Crippen molar-refractivity contribution in [1.82, 2.24) is 5.32 Å². The number of rotatable bonds is 8. The van der Waals surface area contributed by atoms with Gasteiger partial charge in [-0.1, -0.05) is 32.1 Å². The van der Waals surface area contributed by atoms with Crippen LogP contribution in [-0.4, -0.2) is 24.8 Å². The van der Waals surface area contributed by atoms with E-state index in [4.69, 9.17) is 4.74 Å². The van der Waals surface area contributed by atoms with Gasteiger partial charge in [0, 0.05) is 12.1 Å². The van der Waals surface area contributed by atoms with Gasteiger partial charge < -0.3 is 10.1 Å². The van der Waals surface area contributed by atoms with Crippen LogP contribution in [-0.2, 0) is 4.74 Å². The molecule has 1 fully saturated rings. The molecule has 0 atom stereocenters. The highest BCUT2D eigenvalue weighted by atomic mass is 16.5. The summed E-state index contributed by atoms with van der Waals surface area (Å²) in [7, 11) is 0. The maximum absolute atomic E-state index is 5.93. The first-order valence-corrected chi connectivity index (χ1v) is 7.94. The van der Waals surface area contributed by atoms with Crippen molar-refractivity contribution in [2.45, 2.75) is 90.2 Å². The third-order valence-electron chi connectivity index (χ3n) is 3.63. The summed E-state index contributed by atoms with van der Waals surface area (Å²) in [6, 6.07) is 0. The normalized spacial score (nSPS) is 18.2. The fourth-order valence-corrected chi connectivity index (χ4v) is 2.53. The van der Waals surface area contributed by atoms with Crippen molar-refractivity contribution in [2.75, 3.05) is 13.2 Å². The number of hydrogen-bond acceptors (Lipinski definition) is 2. The Hall–Kier alpha value is -0.0800. The molecule has 0 bridgehead atoms. The molecule has 2 nitrogen and oxygen atoms in total. The van der Waals surface area contributed by atoms with Crippen LogP contribution in [0.3, 0.4) is 0 Å². The first-order chi connectivity index (χ1) is 8.58. The number of nitrogens with one attached hydrogen (secondary N) is 1. The molecule has 0 unspecified atom stereocenters. The summed E-state index contributed by atoms with van der Waals surface area (Å²) in [6.07, 6.45) is 12.5. The maximum atomic E-state index is 5.93. The molecule has 0 aromatic heterocycles. The van der Waals surface area contributed by atoms with E-state index in [1.165, 1.54) is 57.8 Å². The molecule has 0 radical (unpaired) electrons. The van der Waals surface area contributed by atoms with Crippen LogP contribution in [0.2, 0.25) is 0 Å². The van der Waals surface area contributed by atoms with Crippen LogP contribution in [0.25, 0.3) is 0 Å². The molecule has 108 valence electrons. The molecule has 1 aliphatic carbocycles. The van der Waals surface area contributed by atoms with E-state index in [1.807, 2.05) is 0 Å². The molecule has 0 spiro atoms. The fraction of sp³-hybridized carbons (Fsp3) is 1.00. The first-order valence-electron chi connectivity index (χ1n) is 7.94. The molecule has 1 aliphatic rings. The molecule has 0 saturated heterocycles. The van der Waals surface area contributed by atoms with Crippen molar-refractivity contribution in [3.8, 4) is 0 Å². The van der Waals surface area contributed by atoms with Crippen LogP contribution in [0.4, 0.5) is 0 Å². The quantitative estimate of drug-likeness (QED) is 0.653. The average molecular weight is 255 g/mol. The van der Waals surface area contributed by atoms with Crippen LogP contribution < -0.4 is 5.32 Å². The zero-order valence-electron chi connectivity index (χ0n) is 12.8. The molecule has 0 aromatic rings. The zero-order valence-corrected chi connectivity index (χ0v) is 12.8. The van der Waals surface area contributed by atoms with Crippen LogP contribution >= 0.6 is 0 Å². The molecule has 18 heavy (non-hydrogen) atoms. The van der Waals surface area contributed by atoms with Crippen LogP contribution in [0.5, 0.6) is 0 Å². The zero-order chi connectivity index (χ0) is 13.3. The maximum Gasteiger partial charge on any atom is 0.0575 e. The lowest BCUT2D eigenvalue weighted by atomic mass is 9.98. The van der Waals surface area contributed by atoms with Crippen molar-refractivity contribution in [3.05, 3.63) is 0 Å². The van der Waals surface area contributed by atoms with E-state index in [0.717, 1.165) is 13.2 Å². The van der Waals surface area contributed by atoms with Crippen molar-refractivity contribution in [1.29, 1.82) is 0 Å². The van der Waals surface area contributed by atoms with E-state index in [-0.39, 0.29) is 5.54 Å². The molecule has 2 heteroatoms. The predicted octanol–water partition coefficient (Wildman–Crippen LogP) is 4.28. The van der Waals surface area contributed by atoms with E-state index < -0.39 is 0 Å². The van der Waals surface area contributed by atoms with E-state index >= 15 is 0 Å². The minimum absolute atomic E-state index is 0.268. The van der Waals surface area contributed by atoms with Crippen LogP contribution in [0.1, 0.15) is 78.6 Å². The number of hydrogen-bond donors (Lipinski definition) is 1. The van der Waals surface area contributed by atoms with Gasteiger partial charge in [-0.05, 0) is 53.0 Å². The molecule has 0 aromatic carbocycles. The second-order valence-corrected chi connectivity index (χ2v) is 6.72. The smallest absolute Gasteiger partial charge is 0.0575 e. The summed E-state index contributed by atoms with van der Waals surface area (Å²) >= 11 is 0. The van der Waals surface area contributed by atoms with Gasteiger partial charge in [0.25, 0.3) is 0 Å². The van der Waals surface area contributed by atoms with E-state index in [9.17, 15) is 0 Å². The third kappa shape index (κ3) is 8.93. The molecule has 0 aliphatic heterocycles. The summed E-state index contributed by atoms with van der Waals surface area (Å²) < 4.78 is 5.93. The Morgan fingerprint density at radius 1 is 0.944 bits per heavy atom. The van der Waals surface area contributed by atoms with Gasteiger partial charge in [-0.2, -0.15) is 0 Å². The standard InChI is InChI=1S/C16H33NO/c1-16(2,3)17-13-9-4-5-10-14-18-15-11-7-6-8-12-15/h15,17H,4-14H2,1-3H3. The number of unbranched alkanes of at least 4 members (excludes halogenated alkanes) is 3. The van der Waals surface area contributed by atoms with Crippen molar-refractivity contribution in [3.63, 3.8) is 0 Å². The second-order valence-electron chi connectivity index (χ2n) is 6.72. The summed E-state index contributed by atoms with van der Waals surface area (Å²) in [5.41, 5.74) is 0.268. The summed E-state index contributed by atoms with van der Waals surface area (Å²) in [5, 5.41) is 3.53. The van der Waals surface area contributed by atoms with Gasteiger partial charge in [0.15, 0.2) is 0 Å². The molecule has 0 amide bonds. The molecule has 1 rings (SSSR count). The van der Waals surface area contributed by atoms with Gasteiger partial charge in [0.05, 0.1) is 6.10 Å². The van der Waals surface area contributed by atoms with Crippen molar-refractivity contribution in [2.24, 2.45) is 0 Å². The Morgan fingerprint density at radius 3 is 2.28 bits per heavy atom. The summed E-state index contributed by atoms with van der Waals surface area (Å²) in [4.78, 5) is 0. The Labute approximate surface area is 114 Å². The van der Waals surface area contributed by atoms with Gasteiger partial charge >= 0.3 is 0 Å². The Morgan fingerprint density at radius 2 is 1.61 bits per heavy atom. The van der Waals surface area contributed by atoms with Gasteiger partial charge in [0.2, 0.25) is 0 Å². The van der Waals surface area contributed by atoms with Gasteiger partial charge in [-0.15, -0.1) is 0 Å². The van der Waals surface area contributed by atoms with E-state index in [2.05, 4.69) is 26.1 Å². The summed E-state index contributed by atoms with van der Waals surface area (Å²) in [5.74, 6) is 0. The molecule has 1 saturated carbocycles. The molecular formula is C16H33NO. The molecule has 1 N–H and O–H groups in total. The van der Waals surface area contributed by atoms with Gasteiger partial charge in [0.1, 0.15) is 0 Å². The van der Waals surface area contributed by atoms with Crippen LogP contribution in [0, 0.1) is 0 Å². The third-order valence-corrected chi connectivity index (χ3v) is 3.63. The molecular weight excluding hydrogens is 222 g/mol. The minimum atomic E-state index is 0.268. The Bertz CT molecular complexity index is 192. The minimum Gasteiger partial charge on any atom is -0.378 e. The average Bonchev–Trinajstić information content (AvgIpc) is 2.32. The highest BCUT2D eigenvalue weighted by Gasteiger charge is 2.12. The predicted molar refractivity (Wildman–Crippen MR) is 79.0 cm³/mol. The highest BCUT2D eigenvalue weighted by Crippen LogP contribution is 2.20. The largest absolute Gasteiger partial charge is 0.378 e. The molecule has 0 heterocycles. The van der Waals surface area contributed by atoms with Gasteiger partial charge in [-0.3, -0.25) is 0 Å². The SMILES string of the molecule is CC(C)(C)NCCCCCCOC1CCCCC1. The Balaban J connectivity index is 1.81. The fourth-order valence-electron chi connectivity index (χ4n) is 2.53. The lowest BCUT2D eigenvalue weighted by molar-refractivity contribution is 0.0263. The number of ether oxygens (including phenoxy) is 1. The van der Waals surface area contributed by atoms with E-state index in [0.29, 0.717) is 6.10 Å². The monoisotopic (exact) mass is 255 g/mol. The van der Waals surface area contributed by atoms with E-state index in [1.54, 1.807) is 0 Å².